The van der Waals surface area contributed by atoms with E-state index in [1.54, 1.807) is 0 Å². The summed E-state index contributed by atoms with van der Waals surface area (Å²) in [6.07, 6.45) is 0.768. The zero-order valence-corrected chi connectivity index (χ0v) is 10.3. The third kappa shape index (κ3) is 1.97. The molecule has 2 rings (SSSR count). The third-order valence-corrected chi connectivity index (χ3v) is 3.18. The van der Waals surface area contributed by atoms with Crippen molar-refractivity contribution in [1.82, 2.24) is 0 Å². The molecule has 0 aliphatic heterocycles. The zero-order chi connectivity index (χ0) is 11.7. The highest BCUT2D eigenvalue weighted by molar-refractivity contribution is 9.10. The summed E-state index contributed by atoms with van der Waals surface area (Å²) in [4.78, 5) is 10.6. The topological polar surface area (TPSA) is 53.3 Å². The molecule has 0 radical (unpaired) electrons. The van der Waals surface area contributed by atoms with E-state index in [-0.39, 0.29) is 6.42 Å². The number of hydrogen-bond acceptors (Lipinski definition) is 3. The standard InChI is InChI=1S/C12H11BrO3/c1-2-7-3-4-10-8(5-7)9(6-11(14)15)12(13)16-10/h3-5H,2,6H2,1H3,(H,14,15)/p-1. The summed E-state index contributed by atoms with van der Waals surface area (Å²) in [6.45, 7) is 2.05. The second-order valence-electron chi connectivity index (χ2n) is 3.59. The summed E-state index contributed by atoms with van der Waals surface area (Å²) in [5.41, 5.74) is 2.49. The van der Waals surface area contributed by atoms with Gasteiger partial charge in [0.15, 0.2) is 4.67 Å². The number of aliphatic carboxylic acids is 1. The number of aryl methyl sites for hydroxylation is 1. The van der Waals surface area contributed by atoms with Crippen LogP contribution in [0.5, 0.6) is 0 Å². The molecule has 0 amide bonds. The average Bonchev–Trinajstić information content (AvgIpc) is 2.54. The van der Waals surface area contributed by atoms with Crippen molar-refractivity contribution in [1.29, 1.82) is 0 Å². The number of benzene rings is 1. The molecular weight excluding hydrogens is 272 g/mol. The second-order valence-corrected chi connectivity index (χ2v) is 4.31. The van der Waals surface area contributed by atoms with Gasteiger partial charge in [0.25, 0.3) is 0 Å². The Morgan fingerprint density at radius 3 is 2.88 bits per heavy atom. The molecule has 0 saturated heterocycles. The van der Waals surface area contributed by atoms with Gasteiger partial charge in [-0.05, 0) is 40.0 Å². The lowest BCUT2D eigenvalue weighted by Crippen LogP contribution is -2.24. The van der Waals surface area contributed by atoms with Gasteiger partial charge >= 0.3 is 0 Å². The van der Waals surface area contributed by atoms with Crippen LogP contribution in [-0.2, 0) is 17.6 Å². The summed E-state index contributed by atoms with van der Waals surface area (Å²) < 4.78 is 5.90. The molecule has 84 valence electrons. The van der Waals surface area contributed by atoms with Gasteiger partial charge in [0, 0.05) is 23.3 Å². The molecule has 0 aliphatic rings. The zero-order valence-electron chi connectivity index (χ0n) is 8.75. The number of carbonyl (C=O) groups is 1. The number of hydrogen-bond donors (Lipinski definition) is 0. The Bertz CT molecular complexity index is 542. The van der Waals surface area contributed by atoms with Crippen molar-refractivity contribution in [3.63, 3.8) is 0 Å². The smallest absolute Gasteiger partial charge is 0.174 e. The van der Waals surface area contributed by atoms with Crippen LogP contribution in [0, 0.1) is 0 Å². The molecular formula is C12H10BrO3-. The van der Waals surface area contributed by atoms with Crippen LogP contribution in [0.4, 0.5) is 0 Å². The van der Waals surface area contributed by atoms with Gasteiger partial charge < -0.3 is 14.3 Å². The lowest BCUT2D eigenvalue weighted by Gasteiger charge is -2.01. The van der Waals surface area contributed by atoms with Gasteiger partial charge in [-0.1, -0.05) is 13.0 Å². The Morgan fingerprint density at radius 1 is 1.50 bits per heavy atom. The summed E-state index contributed by atoms with van der Waals surface area (Å²) >= 11 is 3.23. The number of carboxylic acids is 1. The van der Waals surface area contributed by atoms with E-state index in [0.29, 0.717) is 15.8 Å². The largest absolute Gasteiger partial charge is 0.550 e. The molecule has 0 atom stereocenters. The van der Waals surface area contributed by atoms with Crippen molar-refractivity contribution in [2.75, 3.05) is 0 Å². The molecule has 1 aromatic heterocycles. The Kier molecular flexibility index (Phi) is 3.01. The highest BCUT2D eigenvalue weighted by atomic mass is 79.9. The van der Waals surface area contributed by atoms with Gasteiger partial charge in [0.05, 0.1) is 0 Å². The quantitative estimate of drug-likeness (QED) is 0.865. The van der Waals surface area contributed by atoms with Crippen LogP contribution in [0.15, 0.2) is 27.3 Å². The summed E-state index contributed by atoms with van der Waals surface area (Å²) in [5.74, 6) is -1.11. The average molecular weight is 282 g/mol. The van der Waals surface area contributed by atoms with Crippen molar-refractivity contribution >= 4 is 32.9 Å². The third-order valence-electron chi connectivity index (χ3n) is 2.54. The maximum atomic E-state index is 10.6. The van der Waals surface area contributed by atoms with E-state index >= 15 is 0 Å². The van der Waals surface area contributed by atoms with Gasteiger partial charge in [-0.15, -0.1) is 0 Å². The van der Waals surface area contributed by atoms with E-state index in [1.165, 1.54) is 0 Å². The fourth-order valence-electron chi connectivity index (χ4n) is 1.69. The number of halogens is 1. The lowest BCUT2D eigenvalue weighted by atomic mass is 10.1. The Labute approximate surface area is 101 Å². The first kappa shape index (κ1) is 11.2. The SMILES string of the molecule is CCc1ccc2oc(Br)c(CC(=O)[O-])c2c1. The minimum Gasteiger partial charge on any atom is -0.550 e. The van der Waals surface area contributed by atoms with Crippen molar-refractivity contribution in [2.45, 2.75) is 19.8 Å². The Balaban J connectivity index is 2.61. The molecule has 0 fully saturated rings. The van der Waals surface area contributed by atoms with Crippen molar-refractivity contribution in [2.24, 2.45) is 0 Å². The van der Waals surface area contributed by atoms with E-state index < -0.39 is 5.97 Å². The summed E-state index contributed by atoms with van der Waals surface area (Å²) in [7, 11) is 0. The van der Waals surface area contributed by atoms with Gasteiger partial charge in [-0.25, -0.2) is 0 Å². The molecule has 3 nitrogen and oxygen atoms in total. The van der Waals surface area contributed by atoms with Gasteiger partial charge in [0.1, 0.15) is 5.58 Å². The normalized spacial score (nSPS) is 10.9. The van der Waals surface area contributed by atoms with Crippen LogP contribution in [-0.4, -0.2) is 5.97 Å². The molecule has 0 spiro atoms. The van der Waals surface area contributed by atoms with Crippen LogP contribution in [0.1, 0.15) is 18.1 Å². The van der Waals surface area contributed by atoms with E-state index in [1.807, 2.05) is 18.2 Å². The fraction of sp³-hybridized carbons (Fsp3) is 0.250. The van der Waals surface area contributed by atoms with E-state index in [2.05, 4.69) is 22.9 Å². The highest BCUT2D eigenvalue weighted by Gasteiger charge is 2.12. The molecule has 0 N–H and O–H groups in total. The van der Waals surface area contributed by atoms with E-state index in [4.69, 9.17) is 4.42 Å². The molecule has 2 aromatic rings. The van der Waals surface area contributed by atoms with Crippen molar-refractivity contribution < 1.29 is 14.3 Å². The van der Waals surface area contributed by atoms with Gasteiger partial charge in [-0.3, -0.25) is 0 Å². The molecule has 1 heterocycles. The Morgan fingerprint density at radius 2 is 2.25 bits per heavy atom. The lowest BCUT2D eigenvalue weighted by molar-refractivity contribution is -0.304. The van der Waals surface area contributed by atoms with Crippen LogP contribution in [0.3, 0.4) is 0 Å². The minimum atomic E-state index is -1.11. The molecule has 0 unspecified atom stereocenters. The van der Waals surface area contributed by atoms with Gasteiger partial charge in [0.2, 0.25) is 0 Å². The predicted octanol–water partition coefficient (Wildman–Crippen LogP) is 2.05. The van der Waals surface area contributed by atoms with Crippen LogP contribution < -0.4 is 5.11 Å². The first-order valence-corrected chi connectivity index (χ1v) is 5.80. The maximum absolute atomic E-state index is 10.6. The highest BCUT2D eigenvalue weighted by Crippen LogP contribution is 2.31. The fourth-order valence-corrected chi connectivity index (χ4v) is 2.22. The van der Waals surface area contributed by atoms with Crippen molar-refractivity contribution in [3.8, 4) is 0 Å². The minimum absolute atomic E-state index is 0.138. The number of carboxylic acid groups (broad SMARTS) is 1. The first-order valence-electron chi connectivity index (χ1n) is 5.01. The van der Waals surface area contributed by atoms with Gasteiger partial charge in [-0.2, -0.15) is 0 Å². The number of furan rings is 1. The number of carbonyl (C=O) groups excluding carboxylic acids is 1. The Hall–Kier alpha value is -1.29. The van der Waals surface area contributed by atoms with E-state index in [9.17, 15) is 9.90 Å². The monoisotopic (exact) mass is 281 g/mol. The molecule has 0 bridgehead atoms. The molecule has 1 aromatic carbocycles. The summed E-state index contributed by atoms with van der Waals surface area (Å²) in [6, 6.07) is 5.79. The van der Waals surface area contributed by atoms with Crippen molar-refractivity contribution in [3.05, 3.63) is 34.0 Å². The molecule has 16 heavy (non-hydrogen) atoms. The van der Waals surface area contributed by atoms with E-state index in [0.717, 1.165) is 17.4 Å². The van der Waals surface area contributed by atoms with Crippen LogP contribution in [0.2, 0.25) is 0 Å². The predicted molar refractivity (Wildman–Crippen MR) is 62.0 cm³/mol. The summed E-state index contributed by atoms with van der Waals surface area (Å²) in [5, 5.41) is 11.5. The maximum Gasteiger partial charge on any atom is 0.174 e. The second kappa shape index (κ2) is 4.29. The molecule has 0 saturated carbocycles. The molecule has 0 aliphatic carbocycles. The number of fused-ring (bicyclic) bond motifs is 1. The number of rotatable bonds is 3. The molecule has 4 heteroatoms. The van der Waals surface area contributed by atoms with Crippen LogP contribution >= 0.6 is 15.9 Å². The van der Waals surface area contributed by atoms with Crippen LogP contribution in [0.25, 0.3) is 11.0 Å². The first-order chi connectivity index (χ1) is 7.61.